The van der Waals surface area contributed by atoms with Crippen molar-refractivity contribution in [2.45, 2.75) is 0 Å². The smallest absolute Gasteiger partial charge is 0.0974 e. The van der Waals surface area contributed by atoms with Gasteiger partial charge < -0.3 is 0 Å². The van der Waals surface area contributed by atoms with E-state index in [1.54, 1.807) is 6.21 Å². The Morgan fingerprint density at radius 3 is 2.43 bits per heavy atom. The second-order valence-corrected chi connectivity index (χ2v) is 3.57. The summed E-state index contributed by atoms with van der Waals surface area (Å²) in [5, 5.41) is 0. The highest BCUT2D eigenvalue weighted by atomic mass is 32.2. The Hall–Kier alpha value is -0.740. The van der Waals surface area contributed by atoms with Crippen molar-refractivity contribution in [1.82, 2.24) is 0 Å². The molecule has 0 amide bonds. The van der Waals surface area contributed by atoms with Crippen LogP contribution in [0.2, 0.25) is 0 Å². The van der Waals surface area contributed by atoms with E-state index in [9.17, 15) is 0 Å². The van der Waals surface area contributed by atoms with Gasteiger partial charge in [0.05, 0.1) is 11.9 Å². The van der Waals surface area contributed by atoms with Gasteiger partial charge in [0, 0.05) is 18.1 Å². The van der Waals surface area contributed by atoms with Gasteiger partial charge in [-0.25, -0.2) is 8.80 Å². The lowest BCUT2D eigenvalue weighted by Gasteiger charge is -1.98. The van der Waals surface area contributed by atoms with Crippen molar-refractivity contribution in [2.75, 3.05) is 12.5 Å². The maximum absolute atomic E-state index is 4.30. The van der Waals surface area contributed by atoms with Crippen LogP contribution in [0.3, 0.4) is 0 Å². The fourth-order valence-corrected chi connectivity index (χ4v) is 1.52. The third-order valence-corrected chi connectivity index (χ3v) is 2.24. The molecule has 0 radical (unpaired) electrons. The zero-order valence-corrected chi connectivity index (χ0v) is 9.81. The topological polar surface area (TPSA) is 24.7 Å². The summed E-state index contributed by atoms with van der Waals surface area (Å²) in [7, 11) is 0. The molecule has 0 bridgehead atoms. The van der Waals surface area contributed by atoms with Gasteiger partial charge in [-0.2, -0.15) is 0 Å². The van der Waals surface area contributed by atoms with Crippen molar-refractivity contribution in [1.29, 1.82) is 0 Å². The fraction of sp³-hybridized carbons (Fsp3) is 0.200. The molecule has 74 valence electrons. The summed E-state index contributed by atoms with van der Waals surface area (Å²) in [6.07, 6.45) is 5.66. The molecular formula is C10H12N2S2. The minimum atomic E-state index is 0.910. The zero-order chi connectivity index (χ0) is 10.2. The normalized spacial score (nSPS) is 12.3. The van der Waals surface area contributed by atoms with Crippen LogP contribution >= 0.6 is 23.9 Å². The van der Waals surface area contributed by atoms with Gasteiger partial charge in [-0.3, -0.25) is 0 Å². The predicted molar refractivity (Wildman–Crippen MR) is 68.5 cm³/mol. The third-order valence-electron chi connectivity index (χ3n) is 1.54. The molecule has 0 atom stereocenters. The lowest BCUT2D eigenvalue weighted by Crippen LogP contribution is -2.00. The predicted octanol–water partition coefficient (Wildman–Crippen LogP) is 3.10. The molecule has 14 heavy (non-hydrogen) atoms. The van der Waals surface area contributed by atoms with Crippen molar-refractivity contribution >= 4 is 35.8 Å². The first kappa shape index (κ1) is 11.3. The van der Waals surface area contributed by atoms with Gasteiger partial charge in [0.1, 0.15) is 0 Å². The van der Waals surface area contributed by atoms with Crippen molar-refractivity contribution in [3.63, 3.8) is 0 Å². The Balaban J connectivity index is 2.90. The van der Waals surface area contributed by atoms with Gasteiger partial charge in [-0.05, 0) is 23.9 Å². The molecular weight excluding hydrogens is 212 g/mol. The van der Waals surface area contributed by atoms with Crippen LogP contribution in [0.25, 0.3) is 0 Å². The monoisotopic (exact) mass is 224 g/mol. The van der Waals surface area contributed by atoms with Gasteiger partial charge >= 0.3 is 0 Å². The largest absolute Gasteiger partial charge is 0.223 e. The number of nitrogens with zero attached hydrogens (tertiary/aromatic N) is 2. The van der Waals surface area contributed by atoms with Crippen LogP contribution in [0.15, 0.2) is 39.1 Å². The standard InChI is InChI=1S/C10H12N2S2/c1-13-11-8-10(12-14-2)9-6-4-3-5-7-9/h3-8H,1-2H3/b11-8+,12-10-. The van der Waals surface area contributed by atoms with E-state index in [0.29, 0.717) is 0 Å². The molecule has 0 aliphatic carbocycles. The van der Waals surface area contributed by atoms with Gasteiger partial charge in [0.25, 0.3) is 0 Å². The average molecular weight is 224 g/mol. The van der Waals surface area contributed by atoms with E-state index in [1.165, 1.54) is 23.9 Å². The van der Waals surface area contributed by atoms with E-state index in [2.05, 4.69) is 8.80 Å². The van der Waals surface area contributed by atoms with Crippen molar-refractivity contribution in [3.05, 3.63) is 35.9 Å². The second kappa shape index (κ2) is 6.68. The molecule has 0 aliphatic heterocycles. The quantitative estimate of drug-likeness (QED) is 0.580. The highest BCUT2D eigenvalue weighted by Gasteiger charge is 1.98. The van der Waals surface area contributed by atoms with Gasteiger partial charge in [-0.15, -0.1) is 0 Å². The molecule has 0 aliphatic rings. The Morgan fingerprint density at radius 2 is 1.86 bits per heavy atom. The lowest BCUT2D eigenvalue weighted by atomic mass is 10.1. The number of hydrogen-bond donors (Lipinski definition) is 0. The summed E-state index contributed by atoms with van der Waals surface area (Å²) in [5.74, 6) is 0. The fourth-order valence-electron chi connectivity index (χ4n) is 0.961. The Kier molecular flexibility index (Phi) is 5.40. The van der Waals surface area contributed by atoms with E-state index < -0.39 is 0 Å². The van der Waals surface area contributed by atoms with E-state index in [4.69, 9.17) is 0 Å². The molecule has 0 N–H and O–H groups in total. The maximum atomic E-state index is 4.30. The minimum absolute atomic E-state index is 0.910. The van der Waals surface area contributed by atoms with Crippen LogP contribution in [0.4, 0.5) is 0 Å². The zero-order valence-electron chi connectivity index (χ0n) is 8.18. The SMILES string of the molecule is CS/N=C/C(=N/SC)c1ccccc1. The third kappa shape index (κ3) is 3.55. The molecule has 4 heteroatoms. The van der Waals surface area contributed by atoms with Crippen LogP contribution in [0.1, 0.15) is 5.56 Å². The molecule has 0 unspecified atom stereocenters. The van der Waals surface area contributed by atoms with Crippen molar-refractivity contribution in [3.8, 4) is 0 Å². The summed E-state index contributed by atoms with van der Waals surface area (Å²) in [6.45, 7) is 0. The number of benzene rings is 1. The number of hydrogen-bond acceptors (Lipinski definition) is 4. The average Bonchev–Trinajstić information content (AvgIpc) is 2.25. The second-order valence-electron chi connectivity index (χ2n) is 2.44. The van der Waals surface area contributed by atoms with Gasteiger partial charge in [0.15, 0.2) is 0 Å². The molecule has 0 spiro atoms. The van der Waals surface area contributed by atoms with E-state index in [-0.39, 0.29) is 0 Å². The van der Waals surface area contributed by atoms with Gasteiger partial charge in [0.2, 0.25) is 0 Å². The first-order valence-electron chi connectivity index (χ1n) is 4.11. The molecule has 0 saturated carbocycles. The van der Waals surface area contributed by atoms with Crippen LogP contribution < -0.4 is 0 Å². The molecule has 0 heterocycles. The first-order valence-corrected chi connectivity index (χ1v) is 6.48. The highest BCUT2D eigenvalue weighted by molar-refractivity contribution is 7.97. The van der Waals surface area contributed by atoms with E-state index >= 15 is 0 Å². The van der Waals surface area contributed by atoms with Crippen LogP contribution in [0, 0.1) is 0 Å². The molecule has 1 aromatic carbocycles. The Bertz CT molecular complexity index is 320. The molecule has 1 aromatic rings. The lowest BCUT2D eigenvalue weighted by molar-refractivity contribution is 1.65. The van der Waals surface area contributed by atoms with Crippen molar-refractivity contribution < 1.29 is 0 Å². The minimum Gasteiger partial charge on any atom is -0.223 e. The molecule has 0 fully saturated rings. The summed E-state index contributed by atoms with van der Waals surface area (Å²) in [6, 6.07) is 10.0. The Labute approximate surface area is 93.2 Å². The summed E-state index contributed by atoms with van der Waals surface area (Å²) in [5.41, 5.74) is 2.01. The van der Waals surface area contributed by atoms with Crippen LogP contribution in [-0.2, 0) is 0 Å². The van der Waals surface area contributed by atoms with Crippen LogP contribution in [-0.4, -0.2) is 24.4 Å². The molecule has 1 rings (SSSR count). The van der Waals surface area contributed by atoms with Crippen LogP contribution in [0.5, 0.6) is 0 Å². The molecule has 0 saturated heterocycles. The summed E-state index contributed by atoms with van der Waals surface area (Å²) >= 11 is 2.87. The number of rotatable bonds is 4. The molecule has 0 aromatic heterocycles. The highest BCUT2D eigenvalue weighted by Crippen LogP contribution is 2.05. The van der Waals surface area contributed by atoms with E-state index in [0.717, 1.165) is 11.3 Å². The van der Waals surface area contributed by atoms with Gasteiger partial charge in [-0.1, -0.05) is 30.3 Å². The first-order chi connectivity index (χ1) is 6.88. The van der Waals surface area contributed by atoms with Crippen molar-refractivity contribution in [2.24, 2.45) is 8.80 Å². The summed E-state index contributed by atoms with van der Waals surface area (Å²) < 4.78 is 8.42. The summed E-state index contributed by atoms with van der Waals surface area (Å²) in [4.78, 5) is 0. The van der Waals surface area contributed by atoms with E-state index in [1.807, 2.05) is 42.8 Å². The Morgan fingerprint density at radius 1 is 1.14 bits per heavy atom. The molecule has 2 nitrogen and oxygen atoms in total. The maximum Gasteiger partial charge on any atom is 0.0974 e.